The highest BCUT2D eigenvalue weighted by molar-refractivity contribution is 5.91. The van der Waals surface area contributed by atoms with Crippen molar-refractivity contribution in [3.63, 3.8) is 0 Å². The predicted octanol–water partition coefficient (Wildman–Crippen LogP) is 2.36. The Morgan fingerprint density at radius 1 is 0.931 bits per heavy atom. The van der Waals surface area contributed by atoms with E-state index in [1.807, 2.05) is 18.2 Å². The van der Waals surface area contributed by atoms with Crippen molar-refractivity contribution in [3.05, 3.63) is 65.2 Å². The SMILES string of the molecule is O=C(/C=C/c1ccc2c(c1)OCCO2)NCc1ccc(C[NH+]2CCCCC2)cc1. The first-order valence-electron chi connectivity index (χ1n) is 10.5. The number of piperidine rings is 1. The molecule has 152 valence electrons. The summed E-state index contributed by atoms with van der Waals surface area (Å²) >= 11 is 0. The number of nitrogens with one attached hydrogen (secondary N) is 2. The van der Waals surface area contributed by atoms with Crippen molar-refractivity contribution in [1.82, 2.24) is 5.32 Å². The summed E-state index contributed by atoms with van der Waals surface area (Å²) in [6.07, 6.45) is 7.42. The van der Waals surface area contributed by atoms with Crippen molar-refractivity contribution in [3.8, 4) is 11.5 Å². The Hall–Kier alpha value is -2.79. The summed E-state index contributed by atoms with van der Waals surface area (Å²) < 4.78 is 11.1. The van der Waals surface area contributed by atoms with Gasteiger partial charge in [0.05, 0.1) is 13.1 Å². The van der Waals surface area contributed by atoms with Crippen LogP contribution in [0, 0.1) is 0 Å². The van der Waals surface area contributed by atoms with Gasteiger partial charge in [0.25, 0.3) is 0 Å². The Kier molecular flexibility index (Phi) is 6.47. The standard InChI is InChI=1S/C24H28N2O3/c27-24(11-9-19-8-10-22-23(16-19)29-15-14-28-22)25-17-20-4-6-21(7-5-20)18-26-12-2-1-3-13-26/h4-11,16H,1-3,12-15,17-18H2,(H,25,27)/p+1/b11-9+. The highest BCUT2D eigenvalue weighted by Gasteiger charge is 2.14. The molecule has 1 amide bonds. The van der Waals surface area contributed by atoms with Gasteiger partial charge in [-0.3, -0.25) is 4.79 Å². The van der Waals surface area contributed by atoms with E-state index >= 15 is 0 Å². The maximum Gasteiger partial charge on any atom is 0.244 e. The van der Waals surface area contributed by atoms with Gasteiger partial charge in [-0.2, -0.15) is 0 Å². The molecule has 0 aromatic heterocycles. The van der Waals surface area contributed by atoms with E-state index in [0.717, 1.165) is 29.2 Å². The highest BCUT2D eigenvalue weighted by Crippen LogP contribution is 2.31. The van der Waals surface area contributed by atoms with Gasteiger partial charge in [0.15, 0.2) is 11.5 Å². The van der Waals surface area contributed by atoms with Crippen LogP contribution in [0.15, 0.2) is 48.5 Å². The molecule has 0 aliphatic carbocycles. The number of fused-ring (bicyclic) bond motifs is 1. The molecule has 0 saturated carbocycles. The van der Waals surface area contributed by atoms with E-state index < -0.39 is 0 Å². The fourth-order valence-corrected chi connectivity index (χ4v) is 3.88. The first-order chi connectivity index (χ1) is 14.3. The van der Waals surface area contributed by atoms with Gasteiger partial charge in [-0.1, -0.05) is 30.3 Å². The quantitative estimate of drug-likeness (QED) is 0.741. The molecular weight excluding hydrogens is 364 g/mol. The normalized spacial score (nSPS) is 16.7. The number of likely N-dealkylation sites (tertiary alicyclic amines) is 1. The number of ether oxygens (including phenoxy) is 2. The molecule has 5 nitrogen and oxygen atoms in total. The smallest absolute Gasteiger partial charge is 0.244 e. The van der Waals surface area contributed by atoms with E-state index in [9.17, 15) is 4.79 Å². The van der Waals surface area contributed by atoms with Gasteiger partial charge in [-0.15, -0.1) is 0 Å². The molecule has 0 spiro atoms. The molecule has 2 heterocycles. The summed E-state index contributed by atoms with van der Waals surface area (Å²) in [5.74, 6) is 1.37. The molecule has 1 fully saturated rings. The van der Waals surface area contributed by atoms with Gasteiger partial charge < -0.3 is 19.7 Å². The first kappa shape index (κ1) is 19.5. The van der Waals surface area contributed by atoms with E-state index in [4.69, 9.17) is 9.47 Å². The second-order valence-corrected chi connectivity index (χ2v) is 7.76. The predicted molar refractivity (Wildman–Crippen MR) is 113 cm³/mol. The molecule has 2 aliphatic heterocycles. The maximum absolute atomic E-state index is 12.2. The number of rotatable bonds is 6. The van der Waals surface area contributed by atoms with Crippen molar-refractivity contribution in [2.75, 3.05) is 26.3 Å². The minimum Gasteiger partial charge on any atom is -0.486 e. The summed E-state index contributed by atoms with van der Waals surface area (Å²) in [5, 5.41) is 2.95. The fourth-order valence-electron chi connectivity index (χ4n) is 3.88. The molecule has 4 rings (SSSR count). The Morgan fingerprint density at radius 3 is 2.45 bits per heavy atom. The molecule has 0 radical (unpaired) electrons. The van der Waals surface area contributed by atoms with E-state index in [1.54, 1.807) is 17.1 Å². The monoisotopic (exact) mass is 393 g/mol. The number of hydrogen-bond acceptors (Lipinski definition) is 3. The van der Waals surface area contributed by atoms with E-state index in [1.165, 1.54) is 37.9 Å². The van der Waals surface area contributed by atoms with Crippen molar-refractivity contribution in [2.45, 2.75) is 32.4 Å². The Labute approximate surface area is 172 Å². The zero-order chi connectivity index (χ0) is 19.9. The Bertz CT molecular complexity index is 855. The average molecular weight is 394 g/mol. The second-order valence-electron chi connectivity index (χ2n) is 7.76. The average Bonchev–Trinajstić information content (AvgIpc) is 2.78. The third-order valence-electron chi connectivity index (χ3n) is 5.50. The van der Waals surface area contributed by atoms with Crippen molar-refractivity contribution < 1.29 is 19.2 Å². The van der Waals surface area contributed by atoms with Crippen LogP contribution >= 0.6 is 0 Å². The highest BCUT2D eigenvalue weighted by atomic mass is 16.6. The molecule has 0 atom stereocenters. The van der Waals surface area contributed by atoms with Crippen LogP contribution in [0.3, 0.4) is 0 Å². The summed E-state index contributed by atoms with van der Waals surface area (Å²) in [7, 11) is 0. The number of amides is 1. The number of carbonyl (C=O) groups is 1. The molecule has 1 saturated heterocycles. The lowest BCUT2D eigenvalue weighted by atomic mass is 10.1. The Balaban J connectivity index is 1.25. The zero-order valence-electron chi connectivity index (χ0n) is 16.8. The molecule has 29 heavy (non-hydrogen) atoms. The van der Waals surface area contributed by atoms with Gasteiger partial charge in [-0.05, 0) is 48.6 Å². The van der Waals surface area contributed by atoms with Gasteiger partial charge in [0.1, 0.15) is 19.8 Å². The lowest BCUT2D eigenvalue weighted by Gasteiger charge is -2.23. The fraction of sp³-hybridized carbons (Fsp3) is 0.375. The molecule has 2 aromatic carbocycles. The van der Waals surface area contributed by atoms with Crippen LogP contribution in [0.25, 0.3) is 6.08 Å². The third-order valence-corrected chi connectivity index (χ3v) is 5.50. The van der Waals surface area contributed by atoms with Crippen molar-refractivity contribution in [1.29, 1.82) is 0 Å². The molecule has 2 aromatic rings. The van der Waals surface area contributed by atoms with Crippen LogP contribution in [-0.2, 0) is 17.9 Å². The minimum atomic E-state index is -0.110. The number of quaternary nitrogens is 1. The molecule has 0 unspecified atom stereocenters. The van der Waals surface area contributed by atoms with E-state index in [0.29, 0.717) is 19.8 Å². The van der Waals surface area contributed by atoms with Crippen LogP contribution in [0.4, 0.5) is 0 Å². The minimum absolute atomic E-state index is 0.110. The van der Waals surface area contributed by atoms with E-state index in [2.05, 4.69) is 29.6 Å². The van der Waals surface area contributed by atoms with Crippen LogP contribution in [0.2, 0.25) is 0 Å². The molecule has 2 aliphatic rings. The van der Waals surface area contributed by atoms with Crippen molar-refractivity contribution >= 4 is 12.0 Å². The van der Waals surface area contributed by atoms with Crippen LogP contribution in [-0.4, -0.2) is 32.2 Å². The molecule has 5 heteroatoms. The second kappa shape index (κ2) is 9.61. The first-order valence-corrected chi connectivity index (χ1v) is 10.5. The molecular formula is C24H29N2O3+. The lowest BCUT2D eigenvalue weighted by molar-refractivity contribution is -0.918. The summed E-state index contributed by atoms with van der Waals surface area (Å²) in [5.41, 5.74) is 3.40. The van der Waals surface area contributed by atoms with Crippen molar-refractivity contribution in [2.24, 2.45) is 0 Å². The van der Waals surface area contributed by atoms with Crippen LogP contribution in [0.5, 0.6) is 11.5 Å². The maximum atomic E-state index is 12.2. The summed E-state index contributed by atoms with van der Waals surface area (Å²) in [6, 6.07) is 14.3. The van der Waals surface area contributed by atoms with E-state index in [-0.39, 0.29) is 5.91 Å². The number of benzene rings is 2. The Morgan fingerprint density at radius 2 is 1.66 bits per heavy atom. The number of carbonyl (C=O) groups excluding carboxylic acids is 1. The van der Waals surface area contributed by atoms with Gasteiger partial charge in [0.2, 0.25) is 5.91 Å². The zero-order valence-corrected chi connectivity index (χ0v) is 16.8. The van der Waals surface area contributed by atoms with Gasteiger partial charge >= 0.3 is 0 Å². The lowest BCUT2D eigenvalue weighted by Crippen LogP contribution is -3.11. The van der Waals surface area contributed by atoms with Gasteiger partial charge in [-0.25, -0.2) is 0 Å². The summed E-state index contributed by atoms with van der Waals surface area (Å²) in [6.45, 7) is 5.33. The summed E-state index contributed by atoms with van der Waals surface area (Å²) in [4.78, 5) is 13.8. The topological polar surface area (TPSA) is 52.0 Å². The third kappa shape index (κ3) is 5.61. The molecule has 0 bridgehead atoms. The number of hydrogen-bond donors (Lipinski definition) is 2. The van der Waals surface area contributed by atoms with Gasteiger partial charge in [0, 0.05) is 18.2 Å². The van der Waals surface area contributed by atoms with Crippen LogP contribution < -0.4 is 19.7 Å². The largest absolute Gasteiger partial charge is 0.486 e. The van der Waals surface area contributed by atoms with Crippen LogP contribution in [0.1, 0.15) is 36.0 Å². The molecule has 2 N–H and O–H groups in total.